The second-order valence-corrected chi connectivity index (χ2v) is 8.08. The molecule has 30 heavy (non-hydrogen) atoms. The fraction of sp³-hybridized carbons (Fsp3) is 0.391. The molecule has 0 unspecified atom stereocenters. The number of carbonyl (C=O) groups is 2. The molecule has 2 aromatic rings. The number of aryl methyl sites for hydroxylation is 1. The Morgan fingerprint density at radius 1 is 1.17 bits per heavy atom. The van der Waals surface area contributed by atoms with Crippen LogP contribution in [0.15, 0.2) is 48.5 Å². The van der Waals surface area contributed by atoms with E-state index in [9.17, 15) is 22.8 Å². The fourth-order valence-electron chi connectivity index (χ4n) is 4.54. The Labute approximate surface area is 173 Å². The van der Waals surface area contributed by atoms with Crippen LogP contribution in [0.1, 0.15) is 41.1 Å². The van der Waals surface area contributed by atoms with Gasteiger partial charge in [-0.25, -0.2) is 0 Å². The number of hydrogen-bond acceptors (Lipinski definition) is 2. The van der Waals surface area contributed by atoms with E-state index in [1.165, 1.54) is 16.5 Å². The van der Waals surface area contributed by atoms with Gasteiger partial charge in [-0.2, -0.15) is 13.2 Å². The van der Waals surface area contributed by atoms with Crippen LogP contribution in [0.4, 0.5) is 13.2 Å². The third-order valence-electron chi connectivity index (χ3n) is 6.11. The number of fused-ring (bicyclic) bond motifs is 1. The van der Waals surface area contributed by atoms with E-state index in [1.54, 1.807) is 18.0 Å². The number of rotatable bonds is 4. The molecule has 0 radical (unpaired) electrons. The highest BCUT2D eigenvalue weighted by atomic mass is 19.4. The van der Waals surface area contributed by atoms with Crippen LogP contribution in [0.5, 0.6) is 0 Å². The molecule has 2 atom stereocenters. The third kappa shape index (κ3) is 3.93. The minimum Gasteiger partial charge on any atom is -0.338 e. The maximum Gasteiger partial charge on any atom is 0.416 e. The van der Waals surface area contributed by atoms with Crippen molar-refractivity contribution in [3.63, 3.8) is 0 Å². The number of halogens is 3. The molecule has 2 amide bonds. The quantitative estimate of drug-likeness (QED) is 0.750. The summed E-state index contributed by atoms with van der Waals surface area (Å²) >= 11 is 0. The summed E-state index contributed by atoms with van der Waals surface area (Å²) in [4.78, 5) is 28.7. The van der Waals surface area contributed by atoms with Gasteiger partial charge in [0.1, 0.15) is 0 Å². The molecule has 4 nitrogen and oxygen atoms in total. The van der Waals surface area contributed by atoms with Crippen LogP contribution in [-0.4, -0.2) is 35.2 Å². The van der Waals surface area contributed by atoms with Crippen molar-refractivity contribution in [2.75, 3.05) is 13.6 Å². The van der Waals surface area contributed by atoms with Crippen LogP contribution in [0, 0.1) is 5.92 Å². The van der Waals surface area contributed by atoms with Gasteiger partial charge in [0, 0.05) is 26.6 Å². The molecule has 158 valence electrons. The van der Waals surface area contributed by atoms with E-state index in [1.807, 2.05) is 18.2 Å². The van der Waals surface area contributed by atoms with Crippen molar-refractivity contribution in [3.8, 4) is 0 Å². The summed E-state index contributed by atoms with van der Waals surface area (Å²) in [5, 5.41) is 0. The second-order valence-electron chi connectivity index (χ2n) is 8.08. The van der Waals surface area contributed by atoms with E-state index < -0.39 is 17.7 Å². The van der Waals surface area contributed by atoms with Crippen molar-refractivity contribution < 1.29 is 22.8 Å². The highest BCUT2D eigenvalue weighted by Crippen LogP contribution is 2.36. The van der Waals surface area contributed by atoms with Crippen LogP contribution in [-0.2, 0) is 28.7 Å². The number of alkyl halides is 3. The summed E-state index contributed by atoms with van der Waals surface area (Å²) in [6.45, 7) is 0.301. The summed E-state index contributed by atoms with van der Waals surface area (Å²) in [7, 11) is 1.77. The van der Waals surface area contributed by atoms with Crippen molar-refractivity contribution in [1.29, 1.82) is 0 Å². The molecule has 7 heteroatoms. The third-order valence-corrected chi connectivity index (χ3v) is 6.11. The lowest BCUT2D eigenvalue weighted by Crippen LogP contribution is -2.36. The van der Waals surface area contributed by atoms with Crippen molar-refractivity contribution in [1.82, 2.24) is 9.80 Å². The van der Waals surface area contributed by atoms with Gasteiger partial charge in [0.25, 0.3) is 0 Å². The Morgan fingerprint density at radius 3 is 2.70 bits per heavy atom. The molecule has 1 fully saturated rings. The van der Waals surface area contributed by atoms with Gasteiger partial charge in [0.15, 0.2) is 0 Å². The zero-order valence-electron chi connectivity index (χ0n) is 16.7. The Balaban J connectivity index is 1.43. The molecule has 0 N–H and O–H groups in total. The number of likely N-dealkylation sites (tertiary alicyclic amines) is 1. The number of carbonyl (C=O) groups excluding carboxylic acids is 2. The van der Waals surface area contributed by atoms with Crippen molar-refractivity contribution in [2.24, 2.45) is 5.92 Å². The minimum atomic E-state index is -4.43. The standard InChI is InChI=1S/C23H23F3N2O2/c1-27(20-10-9-16-6-2-3-8-19(16)20)22(30)17-12-21(29)28(14-17)13-15-5-4-7-18(11-15)23(24,25)26/h2-8,11,17,20H,9-10,12-14H2,1H3/t17-,20-/m1/s1. The first-order chi connectivity index (χ1) is 14.2. The number of benzene rings is 2. The highest BCUT2D eigenvalue weighted by Gasteiger charge is 2.39. The lowest BCUT2D eigenvalue weighted by atomic mass is 10.0. The van der Waals surface area contributed by atoms with E-state index in [4.69, 9.17) is 0 Å². The summed E-state index contributed by atoms with van der Waals surface area (Å²) in [5.74, 6) is -0.761. The van der Waals surface area contributed by atoms with Crippen LogP contribution in [0.25, 0.3) is 0 Å². The average Bonchev–Trinajstić information content (AvgIpc) is 3.30. The topological polar surface area (TPSA) is 40.6 Å². The Kier molecular flexibility index (Phi) is 5.30. The number of amides is 2. The first kappa shape index (κ1) is 20.4. The Morgan fingerprint density at radius 2 is 1.93 bits per heavy atom. The Bertz CT molecular complexity index is 973. The van der Waals surface area contributed by atoms with Crippen LogP contribution in [0.3, 0.4) is 0 Å². The Hall–Kier alpha value is -2.83. The zero-order chi connectivity index (χ0) is 21.5. The molecule has 2 aromatic carbocycles. The molecular weight excluding hydrogens is 393 g/mol. The average molecular weight is 416 g/mol. The smallest absolute Gasteiger partial charge is 0.338 e. The molecule has 2 aliphatic rings. The van der Waals surface area contributed by atoms with Gasteiger partial charge in [-0.15, -0.1) is 0 Å². The summed E-state index contributed by atoms with van der Waals surface area (Å²) in [5.41, 5.74) is 2.07. The van der Waals surface area contributed by atoms with Crippen LogP contribution in [0.2, 0.25) is 0 Å². The molecule has 1 aliphatic carbocycles. The van der Waals surface area contributed by atoms with Crippen molar-refractivity contribution in [3.05, 3.63) is 70.8 Å². The lowest BCUT2D eigenvalue weighted by molar-refractivity contribution is -0.137. The molecular formula is C23H23F3N2O2. The van der Waals surface area contributed by atoms with Crippen LogP contribution < -0.4 is 0 Å². The first-order valence-electron chi connectivity index (χ1n) is 10.0. The summed E-state index contributed by atoms with van der Waals surface area (Å²) in [6.07, 6.45) is -2.56. The number of hydrogen-bond donors (Lipinski definition) is 0. The van der Waals surface area contributed by atoms with E-state index in [0.29, 0.717) is 5.56 Å². The van der Waals surface area contributed by atoms with E-state index in [0.717, 1.165) is 30.5 Å². The molecule has 1 aliphatic heterocycles. The molecule has 0 bridgehead atoms. The molecule has 4 rings (SSSR count). The van der Waals surface area contributed by atoms with Gasteiger partial charge in [0.05, 0.1) is 17.5 Å². The lowest BCUT2D eigenvalue weighted by Gasteiger charge is -2.28. The maximum absolute atomic E-state index is 13.1. The molecule has 0 spiro atoms. The van der Waals surface area contributed by atoms with Gasteiger partial charge >= 0.3 is 6.18 Å². The van der Waals surface area contributed by atoms with Crippen molar-refractivity contribution in [2.45, 2.75) is 38.0 Å². The molecule has 0 saturated carbocycles. The highest BCUT2D eigenvalue weighted by molar-refractivity contribution is 5.89. The molecule has 1 saturated heterocycles. The van der Waals surface area contributed by atoms with E-state index in [2.05, 4.69) is 6.07 Å². The van der Waals surface area contributed by atoms with Gasteiger partial charge in [-0.3, -0.25) is 9.59 Å². The van der Waals surface area contributed by atoms with E-state index >= 15 is 0 Å². The largest absolute Gasteiger partial charge is 0.416 e. The monoisotopic (exact) mass is 416 g/mol. The summed E-state index contributed by atoms with van der Waals surface area (Å²) < 4.78 is 38.8. The maximum atomic E-state index is 13.1. The summed E-state index contributed by atoms with van der Waals surface area (Å²) in [6, 6.07) is 13.0. The number of nitrogens with zero attached hydrogens (tertiary/aromatic N) is 2. The molecule has 1 heterocycles. The zero-order valence-corrected chi connectivity index (χ0v) is 16.7. The van der Waals surface area contributed by atoms with Crippen molar-refractivity contribution >= 4 is 11.8 Å². The SMILES string of the molecule is CN(C(=O)[C@@H]1CC(=O)N(Cc2cccc(C(F)(F)F)c2)C1)[C@@H]1CCc2ccccc21. The molecule has 0 aromatic heterocycles. The normalized spacial score (nSPS) is 21.1. The van der Waals surface area contributed by atoms with Gasteiger partial charge in [0.2, 0.25) is 11.8 Å². The minimum absolute atomic E-state index is 0.00122. The van der Waals surface area contributed by atoms with E-state index in [-0.39, 0.29) is 37.4 Å². The predicted octanol–water partition coefficient (Wildman–Crippen LogP) is 4.20. The fourth-order valence-corrected chi connectivity index (χ4v) is 4.54. The van der Waals surface area contributed by atoms with Gasteiger partial charge in [-0.1, -0.05) is 36.4 Å². The second kappa shape index (κ2) is 7.78. The van der Waals surface area contributed by atoms with Gasteiger partial charge < -0.3 is 9.80 Å². The van der Waals surface area contributed by atoms with Gasteiger partial charge in [-0.05, 0) is 41.7 Å². The predicted molar refractivity (Wildman–Crippen MR) is 105 cm³/mol. The van der Waals surface area contributed by atoms with Crippen LogP contribution >= 0.6 is 0 Å². The first-order valence-corrected chi connectivity index (χ1v) is 10.0.